The zero-order chi connectivity index (χ0) is 29.5. The fourth-order valence-corrected chi connectivity index (χ4v) is 4.57. The van der Waals surface area contributed by atoms with Gasteiger partial charge in [0.25, 0.3) is 5.91 Å². The number of methoxy groups -OCH3 is 1. The molecule has 220 valence electrons. The van der Waals surface area contributed by atoms with Crippen molar-refractivity contribution < 1.29 is 38.1 Å². The van der Waals surface area contributed by atoms with Crippen LogP contribution in [0.3, 0.4) is 0 Å². The molecule has 0 fully saturated rings. The average molecular weight is 558 g/mol. The second kappa shape index (κ2) is 16.9. The number of carbonyl (C=O) groups is 2. The molecule has 2 atom stereocenters. The van der Waals surface area contributed by atoms with Crippen molar-refractivity contribution in [1.29, 1.82) is 0 Å². The topological polar surface area (TPSA) is 94.5 Å². The number of amides is 1. The molecule has 0 spiro atoms. The predicted molar refractivity (Wildman–Crippen MR) is 157 cm³/mol. The van der Waals surface area contributed by atoms with Gasteiger partial charge < -0.3 is 33.4 Å². The van der Waals surface area contributed by atoms with Gasteiger partial charge in [0.2, 0.25) is 0 Å². The van der Waals surface area contributed by atoms with Crippen LogP contribution in [0.4, 0.5) is 0 Å². The van der Waals surface area contributed by atoms with Crippen LogP contribution in [0.2, 0.25) is 0 Å². The molecule has 2 aromatic rings. The van der Waals surface area contributed by atoms with Crippen molar-refractivity contribution in [2.75, 3.05) is 80.9 Å². The number of hydrogen-bond acceptors (Lipinski definition) is 7. The summed E-state index contributed by atoms with van der Waals surface area (Å²) in [5.74, 6) is 0.460. The Labute approximate surface area is 238 Å². The van der Waals surface area contributed by atoms with Gasteiger partial charge in [-0.2, -0.15) is 0 Å². The molecule has 2 unspecified atom stereocenters. The van der Waals surface area contributed by atoms with Crippen LogP contribution >= 0.6 is 0 Å². The van der Waals surface area contributed by atoms with Gasteiger partial charge in [0.05, 0.1) is 60.8 Å². The number of rotatable bonds is 20. The van der Waals surface area contributed by atoms with Gasteiger partial charge in [-0.25, -0.2) is 0 Å². The lowest BCUT2D eigenvalue weighted by Gasteiger charge is -2.34. The minimum atomic E-state index is -0.745. The van der Waals surface area contributed by atoms with Crippen LogP contribution in [-0.2, 0) is 14.2 Å². The van der Waals surface area contributed by atoms with Crippen molar-refractivity contribution in [3.8, 4) is 5.75 Å². The van der Waals surface area contributed by atoms with E-state index in [0.717, 1.165) is 24.6 Å². The lowest BCUT2D eigenvalue weighted by molar-refractivity contribution is -0.893. The molecule has 0 saturated heterocycles. The van der Waals surface area contributed by atoms with Crippen LogP contribution in [0.1, 0.15) is 27.1 Å². The predicted octanol–water partition coefficient (Wildman–Crippen LogP) is 3.35. The lowest BCUT2D eigenvalue weighted by atomic mass is 9.98. The van der Waals surface area contributed by atoms with Crippen molar-refractivity contribution in [2.24, 2.45) is 0 Å². The summed E-state index contributed by atoms with van der Waals surface area (Å²) in [6.45, 7) is 10.7. The number of aldehydes is 1. The van der Waals surface area contributed by atoms with E-state index in [1.807, 2.05) is 6.07 Å². The van der Waals surface area contributed by atoms with E-state index in [2.05, 4.69) is 27.3 Å². The SMILES string of the molecule is C=CCOCC(O)COC(COCC=C)C[N+](C)(C)CCCN(C)C(=O)c1cccc2c(OC)ccc(C=O)c12. The number of fused-ring (bicyclic) bond motifs is 1. The molecule has 0 aliphatic heterocycles. The first-order chi connectivity index (χ1) is 19.2. The number of nitrogens with zero attached hydrogens (tertiary/aromatic N) is 2. The monoisotopic (exact) mass is 557 g/mol. The normalized spacial score (nSPS) is 13.0. The van der Waals surface area contributed by atoms with E-state index in [4.69, 9.17) is 18.9 Å². The van der Waals surface area contributed by atoms with E-state index >= 15 is 0 Å². The zero-order valence-corrected chi connectivity index (χ0v) is 24.3. The number of likely N-dealkylation sites (N-methyl/N-ethyl adjacent to an activating group) is 1. The summed E-state index contributed by atoms with van der Waals surface area (Å²) < 4.78 is 23.0. The number of benzene rings is 2. The summed E-state index contributed by atoms with van der Waals surface area (Å²) in [6.07, 6.45) is 3.85. The molecule has 2 rings (SSSR count). The van der Waals surface area contributed by atoms with E-state index in [0.29, 0.717) is 59.7 Å². The van der Waals surface area contributed by atoms with Crippen molar-refractivity contribution in [2.45, 2.75) is 18.6 Å². The first-order valence-electron chi connectivity index (χ1n) is 13.5. The van der Waals surface area contributed by atoms with Crippen molar-refractivity contribution in [3.63, 3.8) is 0 Å². The lowest BCUT2D eigenvalue weighted by Crippen LogP contribution is -2.49. The first-order valence-corrected chi connectivity index (χ1v) is 13.5. The summed E-state index contributed by atoms with van der Waals surface area (Å²) in [6, 6.07) is 8.81. The Morgan fingerprint density at radius 2 is 1.77 bits per heavy atom. The molecular formula is C31H45N2O7+. The highest BCUT2D eigenvalue weighted by Crippen LogP contribution is 2.31. The molecule has 0 aliphatic carbocycles. The van der Waals surface area contributed by atoms with Crippen molar-refractivity contribution >= 4 is 23.0 Å². The molecule has 9 nitrogen and oxygen atoms in total. The third-order valence-electron chi connectivity index (χ3n) is 6.52. The second-order valence-electron chi connectivity index (χ2n) is 10.4. The maximum Gasteiger partial charge on any atom is 0.254 e. The Hall–Kier alpha value is -3.08. The fourth-order valence-electron chi connectivity index (χ4n) is 4.57. The summed E-state index contributed by atoms with van der Waals surface area (Å²) in [7, 11) is 7.54. The van der Waals surface area contributed by atoms with Crippen LogP contribution in [0, 0.1) is 0 Å². The molecule has 0 aromatic heterocycles. The molecule has 1 amide bonds. The molecule has 0 bridgehead atoms. The third-order valence-corrected chi connectivity index (χ3v) is 6.52. The molecule has 40 heavy (non-hydrogen) atoms. The van der Waals surface area contributed by atoms with Gasteiger partial charge >= 0.3 is 0 Å². The van der Waals surface area contributed by atoms with E-state index in [-0.39, 0.29) is 25.2 Å². The molecule has 0 radical (unpaired) electrons. The van der Waals surface area contributed by atoms with E-state index in [1.165, 1.54) is 0 Å². The van der Waals surface area contributed by atoms with Crippen molar-refractivity contribution in [1.82, 2.24) is 4.90 Å². The molecular weight excluding hydrogens is 512 g/mol. The molecule has 0 aliphatic rings. The standard InChI is InChI=1S/C31H45N2O7/c1-7-17-38-21-25(35)22-40-26(23-39-18-8-2)19-33(4,5)16-10-15-32(3)31(36)28-12-9-11-27-29(37-6)14-13-24(20-34)30(27)28/h7-9,11-14,20,25-26,35H,1-2,10,15-19,21-23H2,3-6H3/q+1. The summed E-state index contributed by atoms with van der Waals surface area (Å²) in [5.41, 5.74) is 0.922. The van der Waals surface area contributed by atoms with Crippen LogP contribution in [-0.4, -0.2) is 120 Å². The Bertz CT molecular complexity index is 1120. The summed E-state index contributed by atoms with van der Waals surface area (Å²) in [5, 5.41) is 11.5. The average Bonchev–Trinajstić information content (AvgIpc) is 2.94. The van der Waals surface area contributed by atoms with Crippen LogP contribution in [0.5, 0.6) is 5.75 Å². The quantitative estimate of drug-likeness (QED) is 0.116. The largest absolute Gasteiger partial charge is 0.496 e. The minimum Gasteiger partial charge on any atom is -0.496 e. The zero-order valence-electron chi connectivity index (χ0n) is 24.3. The first kappa shape index (κ1) is 33.1. The van der Waals surface area contributed by atoms with Crippen LogP contribution in [0.25, 0.3) is 10.8 Å². The van der Waals surface area contributed by atoms with Gasteiger partial charge in [-0.1, -0.05) is 24.3 Å². The smallest absolute Gasteiger partial charge is 0.254 e. The fraction of sp³-hybridized carbons (Fsp3) is 0.484. The Morgan fingerprint density at radius 3 is 2.42 bits per heavy atom. The molecule has 2 aromatic carbocycles. The van der Waals surface area contributed by atoms with Gasteiger partial charge in [0.1, 0.15) is 24.5 Å². The van der Waals surface area contributed by atoms with E-state index in [9.17, 15) is 14.7 Å². The Morgan fingerprint density at radius 1 is 1.07 bits per heavy atom. The van der Waals surface area contributed by atoms with Crippen LogP contribution < -0.4 is 4.74 Å². The number of carbonyl (C=O) groups excluding carboxylic acids is 2. The van der Waals surface area contributed by atoms with Gasteiger partial charge in [-0.3, -0.25) is 9.59 Å². The second-order valence-corrected chi connectivity index (χ2v) is 10.4. The highest BCUT2D eigenvalue weighted by atomic mass is 16.5. The molecule has 0 saturated carbocycles. The Kier molecular flexibility index (Phi) is 14.0. The molecule has 0 heterocycles. The highest BCUT2D eigenvalue weighted by Gasteiger charge is 2.25. The third kappa shape index (κ3) is 10.1. The molecule has 9 heteroatoms. The number of ether oxygens (including phenoxy) is 4. The number of aliphatic hydroxyl groups excluding tert-OH is 1. The van der Waals surface area contributed by atoms with Gasteiger partial charge in [-0.15, -0.1) is 13.2 Å². The highest BCUT2D eigenvalue weighted by molar-refractivity contribution is 6.13. The van der Waals surface area contributed by atoms with Crippen LogP contribution in [0.15, 0.2) is 55.6 Å². The van der Waals surface area contributed by atoms with Gasteiger partial charge in [-0.05, 0) is 18.2 Å². The summed E-state index contributed by atoms with van der Waals surface area (Å²) >= 11 is 0. The maximum atomic E-state index is 13.4. The maximum absolute atomic E-state index is 13.4. The number of quaternary nitrogens is 1. The van der Waals surface area contributed by atoms with Gasteiger partial charge in [0.15, 0.2) is 6.29 Å². The molecule has 1 N–H and O–H groups in total. The van der Waals surface area contributed by atoms with Gasteiger partial charge in [0, 0.05) is 41.9 Å². The van der Waals surface area contributed by atoms with E-state index < -0.39 is 6.10 Å². The number of hydrogen-bond donors (Lipinski definition) is 1. The minimum absolute atomic E-state index is 0.134. The van der Waals surface area contributed by atoms with Crippen molar-refractivity contribution in [3.05, 3.63) is 66.8 Å². The summed E-state index contributed by atoms with van der Waals surface area (Å²) in [4.78, 5) is 26.9. The number of aliphatic hydroxyl groups is 1. The Balaban J connectivity index is 2.00. The van der Waals surface area contributed by atoms with E-state index in [1.54, 1.807) is 55.5 Å².